The molecule has 0 aromatic heterocycles. The maximum absolute atomic E-state index is 12.9. The molecule has 1 aromatic rings. The predicted molar refractivity (Wildman–Crippen MR) is 98.0 cm³/mol. The number of thioether (sulfide) groups is 1. The van der Waals surface area contributed by atoms with E-state index in [2.05, 4.69) is 4.85 Å². The average molecular weight is 374 g/mol. The molecule has 2 aliphatic rings. The standard InChI is InChI=1S/C19H22N2O4S/c1-17(2)13(14(22)25-11-12-9-7-6-8-10-12)21-15(23)19(20-5,16(21)26-17)18(3,4)24/h6-10,13,16,24H,11H2,1-4H3/t13-,16+,19+/m0/s1. The van der Waals surface area contributed by atoms with Crippen LogP contribution in [0.5, 0.6) is 0 Å². The average Bonchev–Trinajstić information content (AvgIpc) is 2.82. The van der Waals surface area contributed by atoms with Crippen LogP contribution in [0.2, 0.25) is 0 Å². The van der Waals surface area contributed by atoms with Crippen LogP contribution in [0.25, 0.3) is 4.85 Å². The Kier molecular flexibility index (Phi) is 4.32. The van der Waals surface area contributed by atoms with Gasteiger partial charge in [-0.3, -0.25) is 14.5 Å². The highest BCUT2D eigenvalue weighted by Gasteiger charge is 2.81. The van der Waals surface area contributed by atoms with Crippen molar-refractivity contribution < 1.29 is 19.4 Å². The monoisotopic (exact) mass is 374 g/mol. The SMILES string of the molecule is [C-]#[N+][C@]1(C(C)(C)O)C(=O)N2[C@@H](C(=O)OCc3ccccc3)C(C)(C)S[C@@H]21. The van der Waals surface area contributed by atoms with Crippen molar-refractivity contribution in [2.24, 2.45) is 0 Å². The van der Waals surface area contributed by atoms with E-state index in [9.17, 15) is 14.7 Å². The van der Waals surface area contributed by atoms with Gasteiger partial charge in [0.2, 0.25) is 0 Å². The maximum Gasteiger partial charge on any atom is 0.365 e. The van der Waals surface area contributed by atoms with Gasteiger partial charge in [0.25, 0.3) is 0 Å². The van der Waals surface area contributed by atoms with Crippen LogP contribution in [-0.4, -0.2) is 49.2 Å². The summed E-state index contributed by atoms with van der Waals surface area (Å²) < 4.78 is 4.83. The second-order valence-electron chi connectivity index (χ2n) is 7.72. The number of esters is 1. The first-order valence-electron chi connectivity index (χ1n) is 8.38. The third-order valence-electron chi connectivity index (χ3n) is 5.08. The zero-order chi connectivity index (χ0) is 19.3. The van der Waals surface area contributed by atoms with Gasteiger partial charge < -0.3 is 9.84 Å². The molecule has 0 bridgehead atoms. The molecule has 3 rings (SSSR count). The smallest absolute Gasteiger partial charge is 0.365 e. The van der Waals surface area contributed by atoms with Gasteiger partial charge in [-0.2, -0.15) is 0 Å². The van der Waals surface area contributed by atoms with Gasteiger partial charge in [0.05, 0.1) is 0 Å². The first-order valence-corrected chi connectivity index (χ1v) is 9.26. The first-order chi connectivity index (χ1) is 12.1. The van der Waals surface area contributed by atoms with Crippen molar-refractivity contribution in [3.63, 3.8) is 0 Å². The van der Waals surface area contributed by atoms with Gasteiger partial charge in [0, 0.05) is 4.75 Å². The van der Waals surface area contributed by atoms with Crippen molar-refractivity contribution in [3.05, 3.63) is 47.3 Å². The van der Waals surface area contributed by atoms with Gasteiger partial charge in [-0.15, -0.1) is 11.8 Å². The van der Waals surface area contributed by atoms with Gasteiger partial charge in [0.15, 0.2) is 5.37 Å². The Labute approximate surface area is 157 Å². The van der Waals surface area contributed by atoms with E-state index in [0.717, 1.165) is 5.56 Å². The van der Waals surface area contributed by atoms with E-state index < -0.39 is 39.2 Å². The van der Waals surface area contributed by atoms with Crippen molar-refractivity contribution in [2.75, 3.05) is 0 Å². The lowest BCUT2D eigenvalue weighted by Gasteiger charge is -2.49. The summed E-state index contributed by atoms with van der Waals surface area (Å²) in [7, 11) is 0. The van der Waals surface area contributed by atoms with E-state index in [0.29, 0.717) is 0 Å². The van der Waals surface area contributed by atoms with Crippen LogP contribution < -0.4 is 0 Å². The fraction of sp³-hybridized carbons (Fsp3) is 0.526. The summed E-state index contributed by atoms with van der Waals surface area (Å²) in [5.74, 6) is -0.999. The van der Waals surface area contributed by atoms with Crippen LogP contribution in [0, 0.1) is 6.57 Å². The number of β-lactam (4-membered cyclic amide) rings is 1. The van der Waals surface area contributed by atoms with Crippen LogP contribution >= 0.6 is 11.8 Å². The molecule has 1 aromatic carbocycles. The predicted octanol–water partition coefficient (Wildman–Crippen LogP) is 2.22. The van der Waals surface area contributed by atoms with Gasteiger partial charge in [0.1, 0.15) is 18.2 Å². The molecule has 2 heterocycles. The Hall–Kier alpha value is -2.04. The first kappa shape index (κ1) is 18.7. The number of fused-ring (bicyclic) bond motifs is 1. The molecule has 0 spiro atoms. The highest BCUT2D eigenvalue weighted by molar-refractivity contribution is 8.01. The number of aliphatic hydroxyl groups is 1. The van der Waals surface area contributed by atoms with E-state index in [-0.39, 0.29) is 6.61 Å². The fourth-order valence-corrected chi connectivity index (χ4v) is 5.49. The minimum absolute atomic E-state index is 0.128. The molecular formula is C19H22N2O4S. The van der Waals surface area contributed by atoms with Gasteiger partial charge in [-0.1, -0.05) is 30.3 Å². The number of carbonyl (C=O) groups is 2. The zero-order valence-electron chi connectivity index (χ0n) is 15.2. The second kappa shape index (κ2) is 6.00. The van der Waals surface area contributed by atoms with Gasteiger partial charge in [-0.05, 0) is 33.3 Å². The lowest BCUT2D eigenvalue weighted by molar-refractivity contribution is -0.177. The van der Waals surface area contributed by atoms with Crippen molar-refractivity contribution in [1.29, 1.82) is 0 Å². The summed E-state index contributed by atoms with van der Waals surface area (Å²) >= 11 is 1.37. The normalized spacial score (nSPS) is 29.5. The number of hydrogen-bond donors (Lipinski definition) is 1. The topological polar surface area (TPSA) is 71.2 Å². The van der Waals surface area contributed by atoms with Gasteiger partial charge >= 0.3 is 17.4 Å². The molecule has 26 heavy (non-hydrogen) atoms. The quantitative estimate of drug-likeness (QED) is 0.497. The number of hydrogen-bond acceptors (Lipinski definition) is 5. The highest BCUT2D eigenvalue weighted by Crippen LogP contribution is 2.59. The molecular weight excluding hydrogens is 352 g/mol. The number of rotatable bonds is 4. The largest absolute Gasteiger partial charge is 0.459 e. The number of amides is 1. The van der Waals surface area contributed by atoms with E-state index in [1.165, 1.54) is 30.5 Å². The van der Waals surface area contributed by atoms with Crippen LogP contribution in [0.15, 0.2) is 30.3 Å². The number of benzene rings is 1. The Morgan fingerprint density at radius 3 is 2.54 bits per heavy atom. The summed E-state index contributed by atoms with van der Waals surface area (Å²) in [4.78, 5) is 30.5. The van der Waals surface area contributed by atoms with Crippen LogP contribution in [0.3, 0.4) is 0 Å². The molecule has 1 N–H and O–H groups in total. The molecule has 0 saturated carbocycles. The molecule has 3 atom stereocenters. The molecule has 0 aliphatic carbocycles. The molecule has 138 valence electrons. The Morgan fingerprint density at radius 2 is 2.00 bits per heavy atom. The number of carbonyl (C=O) groups excluding carboxylic acids is 2. The Bertz CT molecular complexity index is 781. The number of ether oxygens (including phenoxy) is 1. The molecule has 2 saturated heterocycles. The van der Waals surface area contributed by atoms with E-state index in [4.69, 9.17) is 11.3 Å². The molecule has 2 fully saturated rings. The van der Waals surface area contributed by atoms with Crippen molar-refractivity contribution in [2.45, 2.75) is 61.6 Å². The third kappa shape index (κ3) is 2.51. The van der Waals surface area contributed by atoms with E-state index in [1.807, 2.05) is 44.2 Å². The van der Waals surface area contributed by atoms with Crippen LogP contribution in [0.4, 0.5) is 0 Å². The van der Waals surface area contributed by atoms with Crippen molar-refractivity contribution >= 4 is 23.6 Å². The van der Waals surface area contributed by atoms with E-state index >= 15 is 0 Å². The van der Waals surface area contributed by atoms with Crippen molar-refractivity contribution in [3.8, 4) is 0 Å². The summed E-state index contributed by atoms with van der Waals surface area (Å²) in [6.45, 7) is 14.3. The third-order valence-corrected chi connectivity index (χ3v) is 6.70. The Morgan fingerprint density at radius 1 is 1.38 bits per heavy atom. The van der Waals surface area contributed by atoms with E-state index in [1.54, 1.807) is 0 Å². The Balaban J connectivity index is 1.83. The summed E-state index contributed by atoms with van der Waals surface area (Å²) in [5.41, 5.74) is -2.20. The second-order valence-corrected chi connectivity index (χ2v) is 9.45. The van der Waals surface area contributed by atoms with Crippen LogP contribution in [0.1, 0.15) is 33.3 Å². The summed E-state index contributed by atoms with van der Waals surface area (Å²) in [6, 6.07) is 8.54. The summed E-state index contributed by atoms with van der Waals surface area (Å²) in [6.07, 6.45) is 0. The molecule has 0 unspecified atom stereocenters. The lowest BCUT2D eigenvalue weighted by Crippen LogP contribution is -2.78. The lowest BCUT2D eigenvalue weighted by atomic mass is 9.74. The van der Waals surface area contributed by atoms with Crippen LogP contribution in [-0.2, 0) is 20.9 Å². The minimum Gasteiger partial charge on any atom is -0.459 e. The fourth-order valence-electron chi connectivity index (χ4n) is 3.63. The highest BCUT2D eigenvalue weighted by atomic mass is 32.2. The molecule has 2 aliphatic heterocycles. The zero-order valence-corrected chi connectivity index (χ0v) is 16.0. The molecule has 6 nitrogen and oxygen atoms in total. The number of nitrogens with zero attached hydrogens (tertiary/aromatic N) is 2. The van der Waals surface area contributed by atoms with Gasteiger partial charge in [-0.25, -0.2) is 11.4 Å². The molecule has 1 amide bonds. The summed E-state index contributed by atoms with van der Waals surface area (Å²) in [5, 5.41) is 9.89. The maximum atomic E-state index is 12.9. The van der Waals surface area contributed by atoms with Crippen molar-refractivity contribution in [1.82, 2.24) is 4.90 Å². The molecule has 7 heteroatoms. The molecule has 0 radical (unpaired) electrons. The minimum atomic E-state index is -1.57.